The summed E-state index contributed by atoms with van der Waals surface area (Å²) in [4.78, 5) is 12.4. The van der Waals surface area contributed by atoms with E-state index in [2.05, 4.69) is 0 Å². The maximum Gasteiger partial charge on any atom is 0.320 e. The monoisotopic (exact) mass is 322 g/mol. The summed E-state index contributed by atoms with van der Waals surface area (Å²) in [6.07, 6.45) is 0.0622. The Balaban J connectivity index is 1.98. The maximum atomic E-state index is 12.4. The lowest BCUT2D eigenvalue weighted by Crippen LogP contribution is -2.39. The van der Waals surface area contributed by atoms with Gasteiger partial charge in [0.25, 0.3) is 0 Å². The van der Waals surface area contributed by atoms with Gasteiger partial charge in [-0.05, 0) is 29.8 Å². The molecule has 0 amide bonds. The Hall–Kier alpha value is -1.85. The van der Waals surface area contributed by atoms with Crippen molar-refractivity contribution in [1.82, 2.24) is 0 Å². The maximum absolute atomic E-state index is 12.4. The van der Waals surface area contributed by atoms with Gasteiger partial charge in [-0.15, -0.1) is 0 Å². The van der Waals surface area contributed by atoms with Crippen LogP contribution in [0.15, 0.2) is 48.5 Å². The minimum Gasteiger partial charge on any atom is -0.381 e. The zero-order chi connectivity index (χ0) is 15.0. The molecule has 0 bridgehead atoms. The highest BCUT2D eigenvalue weighted by atomic mass is 35.5. The van der Waals surface area contributed by atoms with Crippen molar-refractivity contribution in [3.8, 4) is 5.75 Å². The van der Waals surface area contributed by atoms with Gasteiger partial charge in [-0.1, -0.05) is 35.9 Å². The average molecular weight is 323 g/mol. The molecule has 6 heteroatoms. The van der Waals surface area contributed by atoms with Crippen LogP contribution in [0.2, 0.25) is 5.02 Å². The van der Waals surface area contributed by atoms with E-state index in [1.165, 1.54) is 6.07 Å². The minimum absolute atomic E-state index is 0.0622. The number of carbonyl (C=O) groups is 1. The van der Waals surface area contributed by atoms with E-state index >= 15 is 0 Å². The third-order valence-corrected chi connectivity index (χ3v) is 5.08. The van der Waals surface area contributed by atoms with Gasteiger partial charge < -0.3 is 4.18 Å². The summed E-state index contributed by atoms with van der Waals surface area (Å²) in [5, 5.41) is -0.674. The zero-order valence-electron chi connectivity index (χ0n) is 10.8. The average Bonchev–Trinajstić information content (AvgIpc) is 2.45. The highest BCUT2D eigenvalue weighted by Gasteiger charge is 2.41. The smallest absolute Gasteiger partial charge is 0.320 e. The van der Waals surface area contributed by atoms with Crippen LogP contribution in [0.3, 0.4) is 0 Å². The van der Waals surface area contributed by atoms with Crippen molar-refractivity contribution in [2.75, 3.05) is 0 Å². The van der Waals surface area contributed by atoms with Crippen molar-refractivity contribution in [2.45, 2.75) is 11.7 Å². The molecule has 1 aliphatic heterocycles. The first kappa shape index (κ1) is 14.1. The van der Waals surface area contributed by atoms with Crippen LogP contribution in [0.25, 0.3) is 0 Å². The van der Waals surface area contributed by atoms with Crippen LogP contribution in [0.1, 0.15) is 15.9 Å². The molecule has 0 saturated carbocycles. The molecule has 2 aromatic rings. The fourth-order valence-corrected chi connectivity index (χ4v) is 3.68. The van der Waals surface area contributed by atoms with E-state index in [-0.39, 0.29) is 12.2 Å². The lowest BCUT2D eigenvalue weighted by molar-refractivity contribution is 0.0976. The molecule has 1 unspecified atom stereocenters. The molecular weight excluding hydrogens is 312 g/mol. The van der Waals surface area contributed by atoms with Crippen molar-refractivity contribution in [1.29, 1.82) is 0 Å². The zero-order valence-corrected chi connectivity index (χ0v) is 12.4. The molecule has 0 aromatic heterocycles. The molecule has 21 heavy (non-hydrogen) atoms. The Labute approximate surface area is 127 Å². The lowest BCUT2D eigenvalue weighted by atomic mass is 10.0. The quantitative estimate of drug-likeness (QED) is 0.798. The second kappa shape index (κ2) is 5.16. The molecule has 1 heterocycles. The van der Waals surface area contributed by atoms with E-state index < -0.39 is 21.2 Å². The van der Waals surface area contributed by atoms with Gasteiger partial charge in [0.15, 0.2) is 16.8 Å². The van der Waals surface area contributed by atoms with Gasteiger partial charge in [0.05, 0.1) is 5.56 Å². The second-order valence-electron chi connectivity index (χ2n) is 4.76. The molecule has 4 nitrogen and oxygen atoms in total. The normalized spacial score (nSPS) is 19.7. The van der Waals surface area contributed by atoms with Crippen molar-refractivity contribution in [2.24, 2.45) is 0 Å². The number of carbonyl (C=O) groups excluding carboxylic acids is 1. The largest absolute Gasteiger partial charge is 0.381 e. The standard InChI is InChI=1S/C15H11ClO4S/c16-11-7-5-10(6-8-11)9-14-15(17)12-3-1-2-4-13(12)20-21(14,18)19/h1-8,14H,9H2. The predicted molar refractivity (Wildman–Crippen MR) is 79.3 cm³/mol. The number of fused-ring (bicyclic) bond motifs is 1. The number of hydrogen-bond acceptors (Lipinski definition) is 4. The topological polar surface area (TPSA) is 60.4 Å². The van der Waals surface area contributed by atoms with Crippen LogP contribution in [0, 0.1) is 0 Å². The van der Waals surface area contributed by atoms with Gasteiger partial charge in [-0.3, -0.25) is 4.79 Å². The van der Waals surface area contributed by atoms with E-state index in [0.717, 1.165) is 0 Å². The Morgan fingerprint density at radius 1 is 1.05 bits per heavy atom. The molecule has 108 valence electrons. The first-order valence-corrected chi connectivity index (χ1v) is 8.13. The number of para-hydroxylation sites is 1. The Morgan fingerprint density at radius 3 is 2.43 bits per heavy atom. The van der Waals surface area contributed by atoms with Gasteiger partial charge >= 0.3 is 10.1 Å². The van der Waals surface area contributed by atoms with Gasteiger partial charge in [0, 0.05) is 11.4 Å². The van der Waals surface area contributed by atoms with Crippen LogP contribution in [-0.2, 0) is 16.5 Å². The summed E-state index contributed by atoms with van der Waals surface area (Å²) in [6.45, 7) is 0. The van der Waals surface area contributed by atoms with Gasteiger partial charge in [0.1, 0.15) is 0 Å². The molecule has 0 aliphatic carbocycles. The highest BCUT2D eigenvalue weighted by molar-refractivity contribution is 7.88. The van der Waals surface area contributed by atoms with E-state index in [1.807, 2.05) is 0 Å². The molecule has 1 aliphatic rings. The van der Waals surface area contributed by atoms with Gasteiger partial charge in [0.2, 0.25) is 0 Å². The van der Waals surface area contributed by atoms with Crippen LogP contribution in [0.5, 0.6) is 5.75 Å². The predicted octanol–water partition coefficient (Wildman–Crippen LogP) is 2.86. The van der Waals surface area contributed by atoms with Crippen molar-refractivity contribution in [3.63, 3.8) is 0 Å². The van der Waals surface area contributed by atoms with Gasteiger partial charge in [-0.2, -0.15) is 8.42 Å². The molecule has 3 rings (SSSR count). The summed E-state index contributed by atoms with van der Waals surface area (Å²) in [7, 11) is -3.98. The molecule has 0 radical (unpaired) electrons. The van der Waals surface area contributed by atoms with Gasteiger partial charge in [-0.25, -0.2) is 0 Å². The number of Topliss-reactive ketones (excluding diaryl/α,β-unsaturated/α-hetero) is 1. The van der Waals surface area contributed by atoms with E-state index in [1.54, 1.807) is 42.5 Å². The number of benzene rings is 2. The van der Waals surface area contributed by atoms with E-state index in [0.29, 0.717) is 16.1 Å². The molecule has 0 fully saturated rings. The summed E-state index contributed by atoms with van der Waals surface area (Å²) in [5.74, 6) is -0.346. The minimum atomic E-state index is -3.98. The first-order chi connectivity index (χ1) is 9.97. The third-order valence-electron chi connectivity index (χ3n) is 3.33. The van der Waals surface area contributed by atoms with E-state index in [9.17, 15) is 13.2 Å². The number of hydrogen-bond donors (Lipinski definition) is 0. The molecule has 0 saturated heterocycles. The van der Waals surface area contributed by atoms with Crippen LogP contribution >= 0.6 is 11.6 Å². The molecule has 0 N–H and O–H groups in total. The highest BCUT2D eigenvalue weighted by Crippen LogP contribution is 2.31. The second-order valence-corrected chi connectivity index (χ2v) is 6.91. The molecular formula is C15H11ClO4S. The number of halogens is 1. The Morgan fingerprint density at radius 2 is 1.71 bits per heavy atom. The van der Waals surface area contributed by atoms with Crippen molar-refractivity contribution < 1.29 is 17.4 Å². The SMILES string of the molecule is O=C1c2ccccc2OS(=O)(=O)C1Cc1ccc(Cl)cc1. The molecule has 1 atom stereocenters. The number of ketones is 1. The van der Waals surface area contributed by atoms with Crippen LogP contribution in [-0.4, -0.2) is 19.5 Å². The lowest BCUT2D eigenvalue weighted by Gasteiger charge is -2.23. The van der Waals surface area contributed by atoms with Crippen molar-refractivity contribution >= 4 is 27.5 Å². The Kier molecular flexibility index (Phi) is 3.47. The first-order valence-electron chi connectivity index (χ1n) is 6.28. The fourth-order valence-electron chi connectivity index (χ4n) is 2.26. The van der Waals surface area contributed by atoms with Crippen LogP contribution in [0.4, 0.5) is 0 Å². The van der Waals surface area contributed by atoms with Crippen molar-refractivity contribution in [3.05, 3.63) is 64.7 Å². The van der Waals surface area contributed by atoms with Crippen LogP contribution < -0.4 is 4.18 Å². The molecule has 2 aromatic carbocycles. The summed E-state index contributed by atoms with van der Waals surface area (Å²) in [6, 6.07) is 13.1. The third kappa shape index (κ3) is 2.66. The summed E-state index contributed by atoms with van der Waals surface area (Å²) >= 11 is 5.80. The number of rotatable bonds is 2. The summed E-state index contributed by atoms with van der Waals surface area (Å²) < 4.78 is 29.3. The Bertz CT molecular complexity index is 797. The summed E-state index contributed by atoms with van der Waals surface area (Å²) in [5.41, 5.74) is 1.01. The molecule has 0 spiro atoms. The fraction of sp³-hybridized carbons (Fsp3) is 0.133. The van der Waals surface area contributed by atoms with E-state index in [4.69, 9.17) is 15.8 Å².